The second kappa shape index (κ2) is 6.56. The fraction of sp³-hybridized carbons (Fsp3) is 0.600. The minimum absolute atomic E-state index is 0.304. The molecule has 14 heavy (non-hydrogen) atoms. The fourth-order valence-corrected chi connectivity index (χ4v) is 2.81. The minimum Gasteiger partial charge on any atom is -0.396 e. The number of thiophene rings is 1. The van der Waals surface area contributed by atoms with E-state index in [0.29, 0.717) is 6.61 Å². The second-order valence-corrected chi connectivity index (χ2v) is 5.31. The average Bonchev–Trinajstić information content (AvgIpc) is 2.52. The van der Waals surface area contributed by atoms with Crippen molar-refractivity contribution in [3.8, 4) is 0 Å². The molecule has 1 heterocycles. The van der Waals surface area contributed by atoms with Crippen LogP contribution in [0.2, 0.25) is 0 Å². The van der Waals surface area contributed by atoms with Crippen LogP contribution in [-0.4, -0.2) is 30.2 Å². The first-order chi connectivity index (χ1) is 6.72. The van der Waals surface area contributed by atoms with Crippen LogP contribution >= 0.6 is 27.3 Å². The Hall–Kier alpha value is 0.1000. The number of halogens is 1. The van der Waals surface area contributed by atoms with Gasteiger partial charge in [0.05, 0.1) is 0 Å². The molecule has 0 aliphatic carbocycles. The highest BCUT2D eigenvalue weighted by molar-refractivity contribution is 9.10. The Balaban J connectivity index is 2.23. The van der Waals surface area contributed by atoms with Gasteiger partial charge in [-0.25, -0.2) is 0 Å². The van der Waals surface area contributed by atoms with Crippen LogP contribution in [0.4, 0.5) is 0 Å². The van der Waals surface area contributed by atoms with E-state index >= 15 is 0 Å². The van der Waals surface area contributed by atoms with E-state index in [-0.39, 0.29) is 0 Å². The smallest absolute Gasteiger partial charge is 0.0431 e. The molecule has 1 aromatic heterocycles. The highest BCUT2D eigenvalue weighted by Gasteiger charge is 2.02. The van der Waals surface area contributed by atoms with Crippen molar-refractivity contribution in [3.63, 3.8) is 0 Å². The molecule has 80 valence electrons. The SMILES string of the molecule is CN(CCCCO)Cc1cc(Br)cs1. The largest absolute Gasteiger partial charge is 0.396 e. The van der Waals surface area contributed by atoms with Gasteiger partial charge < -0.3 is 10.0 Å². The Morgan fingerprint density at radius 3 is 2.86 bits per heavy atom. The number of hydrogen-bond acceptors (Lipinski definition) is 3. The third-order valence-corrected chi connectivity index (χ3v) is 3.68. The van der Waals surface area contributed by atoms with Gasteiger partial charge in [0.15, 0.2) is 0 Å². The molecule has 0 amide bonds. The van der Waals surface area contributed by atoms with E-state index in [2.05, 4.69) is 39.3 Å². The molecule has 1 N–H and O–H groups in total. The zero-order valence-electron chi connectivity index (χ0n) is 8.37. The number of nitrogens with zero attached hydrogens (tertiary/aromatic N) is 1. The van der Waals surface area contributed by atoms with E-state index < -0.39 is 0 Å². The highest BCUT2D eigenvalue weighted by atomic mass is 79.9. The van der Waals surface area contributed by atoms with Gasteiger partial charge in [0.1, 0.15) is 0 Å². The van der Waals surface area contributed by atoms with Crippen molar-refractivity contribution >= 4 is 27.3 Å². The summed E-state index contributed by atoms with van der Waals surface area (Å²) in [7, 11) is 2.12. The number of unbranched alkanes of at least 4 members (excludes halogenated alkanes) is 1. The van der Waals surface area contributed by atoms with Crippen molar-refractivity contribution in [2.45, 2.75) is 19.4 Å². The molecule has 1 aromatic rings. The number of aliphatic hydroxyl groups excluding tert-OH is 1. The Kier molecular flexibility index (Phi) is 5.70. The number of aliphatic hydroxyl groups is 1. The second-order valence-electron chi connectivity index (χ2n) is 3.40. The molecule has 0 fully saturated rings. The van der Waals surface area contributed by atoms with Crippen molar-refractivity contribution in [3.05, 3.63) is 20.8 Å². The van der Waals surface area contributed by atoms with E-state index in [1.165, 1.54) is 9.35 Å². The van der Waals surface area contributed by atoms with Gasteiger partial charge in [0, 0.05) is 27.9 Å². The van der Waals surface area contributed by atoms with Crippen LogP contribution in [0.25, 0.3) is 0 Å². The molecule has 0 spiro atoms. The zero-order valence-corrected chi connectivity index (χ0v) is 10.8. The highest BCUT2D eigenvalue weighted by Crippen LogP contribution is 2.20. The average molecular weight is 278 g/mol. The van der Waals surface area contributed by atoms with E-state index in [1.54, 1.807) is 11.3 Å². The predicted octanol–water partition coefficient (Wildman–Crippen LogP) is 2.71. The summed E-state index contributed by atoms with van der Waals surface area (Å²) in [6, 6.07) is 2.16. The van der Waals surface area contributed by atoms with Crippen LogP contribution in [-0.2, 0) is 6.54 Å². The third-order valence-electron chi connectivity index (χ3n) is 2.00. The van der Waals surface area contributed by atoms with Crippen LogP contribution in [0.3, 0.4) is 0 Å². The first kappa shape index (κ1) is 12.2. The monoisotopic (exact) mass is 277 g/mol. The van der Waals surface area contributed by atoms with Crippen LogP contribution in [0.1, 0.15) is 17.7 Å². The van der Waals surface area contributed by atoms with Gasteiger partial charge in [0.2, 0.25) is 0 Å². The Labute approximate surface area is 97.7 Å². The van der Waals surface area contributed by atoms with Crippen LogP contribution in [0.15, 0.2) is 15.9 Å². The lowest BCUT2D eigenvalue weighted by atomic mass is 10.3. The maximum atomic E-state index is 8.65. The van der Waals surface area contributed by atoms with Crippen molar-refractivity contribution in [1.82, 2.24) is 4.90 Å². The summed E-state index contributed by atoms with van der Waals surface area (Å²) in [5.41, 5.74) is 0. The van der Waals surface area contributed by atoms with E-state index in [0.717, 1.165) is 25.9 Å². The van der Waals surface area contributed by atoms with Crippen LogP contribution in [0, 0.1) is 0 Å². The predicted molar refractivity (Wildman–Crippen MR) is 64.7 cm³/mol. The third kappa shape index (κ3) is 4.55. The van der Waals surface area contributed by atoms with Gasteiger partial charge in [-0.2, -0.15) is 0 Å². The molecule has 0 aliphatic rings. The van der Waals surface area contributed by atoms with Gasteiger partial charge >= 0.3 is 0 Å². The maximum Gasteiger partial charge on any atom is 0.0431 e. The van der Waals surface area contributed by atoms with Gasteiger partial charge in [-0.3, -0.25) is 0 Å². The van der Waals surface area contributed by atoms with Crippen molar-refractivity contribution in [2.75, 3.05) is 20.2 Å². The molecule has 0 unspecified atom stereocenters. The molecule has 0 bridgehead atoms. The van der Waals surface area contributed by atoms with Gasteiger partial charge in [-0.1, -0.05) is 0 Å². The molecule has 0 radical (unpaired) electrons. The first-order valence-electron chi connectivity index (χ1n) is 4.74. The van der Waals surface area contributed by atoms with Crippen LogP contribution in [0.5, 0.6) is 0 Å². The molecule has 0 aliphatic heterocycles. The summed E-state index contributed by atoms with van der Waals surface area (Å²) in [6.45, 7) is 2.36. The summed E-state index contributed by atoms with van der Waals surface area (Å²) in [6.07, 6.45) is 1.97. The Morgan fingerprint density at radius 2 is 2.29 bits per heavy atom. The normalized spacial score (nSPS) is 11.1. The van der Waals surface area contributed by atoms with Crippen LogP contribution < -0.4 is 0 Å². The van der Waals surface area contributed by atoms with Crippen molar-refractivity contribution in [2.24, 2.45) is 0 Å². The summed E-state index contributed by atoms with van der Waals surface area (Å²) in [5.74, 6) is 0. The van der Waals surface area contributed by atoms with Gasteiger partial charge in [-0.15, -0.1) is 11.3 Å². The number of hydrogen-bond donors (Lipinski definition) is 1. The molecule has 1 rings (SSSR count). The summed E-state index contributed by atoms with van der Waals surface area (Å²) < 4.78 is 1.17. The maximum absolute atomic E-state index is 8.65. The quantitative estimate of drug-likeness (QED) is 0.809. The molecular formula is C10H16BrNOS. The van der Waals surface area contributed by atoms with E-state index in [1.807, 2.05) is 0 Å². The molecular weight excluding hydrogens is 262 g/mol. The molecule has 0 atom stereocenters. The lowest BCUT2D eigenvalue weighted by Gasteiger charge is -2.14. The molecule has 0 saturated heterocycles. The first-order valence-corrected chi connectivity index (χ1v) is 6.42. The Morgan fingerprint density at radius 1 is 1.50 bits per heavy atom. The van der Waals surface area contributed by atoms with Crippen molar-refractivity contribution in [1.29, 1.82) is 0 Å². The molecule has 0 saturated carbocycles. The molecule has 2 nitrogen and oxygen atoms in total. The Bertz CT molecular complexity index is 264. The lowest BCUT2D eigenvalue weighted by Crippen LogP contribution is -2.18. The lowest BCUT2D eigenvalue weighted by molar-refractivity contribution is 0.262. The summed E-state index contributed by atoms with van der Waals surface area (Å²) in [4.78, 5) is 3.66. The number of rotatable bonds is 6. The minimum atomic E-state index is 0.304. The zero-order chi connectivity index (χ0) is 10.4. The topological polar surface area (TPSA) is 23.5 Å². The standard InChI is InChI=1S/C10H16BrNOS/c1-12(4-2-3-5-13)7-10-6-9(11)8-14-10/h6,8,13H,2-5,7H2,1H3. The van der Waals surface area contributed by atoms with E-state index in [9.17, 15) is 0 Å². The summed E-state index contributed by atoms with van der Waals surface area (Å²) in [5, 5.41) is 10.8. The van der Waals surface area contributed by atoms with E-state index in [4.69, 9.17) is 5.11 Å². The molecule has 0 aromatic carbocycles. The molecule has 4 heteroatoms. The van der Waals surface area contributed by atoms with Gasteiger partial charge in [0.25, 0.3) is 0 Å². The van der Waals surface area contributed by atoms with Crippen molar-refractivity contribution < 1.29 is 5.11 Å². The van der Waals surface area contributed by atoms with Gasteiger partial charge in [-0.05, 0) is 48.4 Å². The summed E-state index contributed by atoms with van der Waals surface area (Å²) >= 11 is 5.22. The fourth-order valence-electron chi connectivity index (χ4n) is 1.28.